The van der Waals surface area contributed by atoms with E-state index in [0.29, 0.717) is 18.7 Å². The van der Waals surface area contributed by atoms with E-state index in [4.69, 9.17) is 0 Å². The van der Waals surface area contributed by atoms with Crippen molar-refractivity contribution in [1.82, 2.24) is 10.2 Å². The number of amides is 2. The molecule has 1 rings (SSSR count). The van der Waals surface area contributed by atoms with Gasteiger partial charge in [0.15, 0.2) is 0 Å². The molecule has 0 heterocycles. The van der Waals surface area contributed by atoms with Gasteiger partial charge in [-0.25, -0.2) is 9.18 Å². The molecule has 19 heavy (non-hydrogen) atoms. The van der Waals surface area contributed by atoms with Crippen molar-refractivity contribution in [3.63, 3.8) is 0 Å². The molecule has 0 saturated heterocycles. The Hall–Kier alpha value is -1.58. The average molecular weight is 266 g/mol. The van der Waals surface area contributed by atoms with E-state index in [9.17, 15) is 9.18 Å². The molecule has 1 aromatic rings. The van der Waals surface area contributed by atoms with E-state index in [0.717, 1.165) is 24.9 Å². The Balaban J connectivity index is 2.50. The number of hydrogen-bond acceptors (Lipinski definition) is 1. The monoisotopic (exact) mass is 266 g/mol. The van der Waals surface area contributed by atoms with Crippen LogP contribution in [0.3, 0.4) is 0 Å². The summed E-state index contributed by atoms with van der Waals surface area (Å²) in [6.45, 7) is 7.71. The van der Waals surface area contributed by atoms with E-state index in [2.05, 4.69) is 12.2 Å². The minimum atomic E-state index is -0.215. The van der Waals surface area contributed by atoms with Crippen LogP contribution in [0, 0.1) is 12.7 Å². The standard InChI is InChI=1S/C15H23FN2O/c1-4-6-9-18(5-2)15(19)17-11-13-7-8-14(16)12(3)10-13/h7-8,10H,4-6,9,11H2,1-3H3,(H,17,19). The quantitative estimate of drug-likeness (QED) is 0.840. The second-order valence-electron chi connectivity index (χ2n) is 4.68. The number of halogens is 1. The summed E-state index contributed by atoms with van der Waals surface area (Å²) < 4.78 is 13.1. The number of nitrogens with one attached hydrogen (secondary N) is 1. The molecule has 0 aliphatic rings. The molecule has 0 aliphatic heterocycles. The van der Waals surface area contributed by atoms with Gasteiger partial charge in [0.25, 0.3) is 0 Å². The molecule has 0 spiro atoms. The topological polar surface area (TPSA) is 32.3 Å². The Morgan fingerprint density at radius 1 is 1.37 bits per heavy atom. The molecule has 0 unspecified atom stereocenters. The molecule has 0 bridgehead atoms. The second-order valence-corrected chi connectivity index (χ2v) is 4.68. The smallest absolute Gasteiger partial charge is 0.317 e. The van der Waals surface area contributed by atoms with Crippen molar-refractivity contribution in [1.29, 1.82) is 0 Å². The van der Waals surface area contributed by atoms with Crippen molar-refractivity contribution in [2.75, 3.05) is 13.1 Å². The van der Waals surface area contributed by atoms with Crippen molar-refractivity contribution < 1.29 is 9.18 Å². The molecule has 0 aromatic heterocycles. The number of rotatable bonds is 6. The molecule has 0 atom stereocenters. The Morgan fingerprint density at radius 2 is 2.11 bits per heavy atom. The number of urea groups is 1. The maximum Gasteiger partial charge on any atom is 0.317 e. The van der Waals surface area contributed by atoms with Crippen molar-refractivity contribution in [3.8, 4) is 0 Å². The van der Waals surface area contributed by atoms with Crippen LogP contribution in [0.1, 0.15) is 37.8 Å². The first kappa shape index (κ1) is 15.5. The van der Waals surface area contributed by atoms with Gasteiger partial charge in [0, 0.05) is 19.6 Å². The lowest BCUT2D eigenvalue weighted by molar-refractivity contribution is 0.199. The van der Waals surface area contributed by atoms with Crippen molar-refractivity contribution in [2.45, 2.75) is 40.2 Å². The van der Waals surface area contributed by atoms with Crippen LogP contribution >= 0.6 is 0 Å². The van der Waals surface area contributed by atoms with E-state index in [1.54, 1.807) is 24.0 Å². The van der Waals surface area contributed by atoms with Gasteiger partial charge in [-0.15, -0.1) is 0 Å². The minimum absolute atomic E-state index is 0.0575. The molecule has 0 saturated carbocycles. The SMILES string of the molecule is CCCCN(CC)C(=O)NCc1ccc(F)c(C)c1. The van der Waals surface area contributed by atoms with Crippen LogP contribution in [-0.2, 0) is 6.54 Å². The predicted octanol–water partition coefficient (Wildman–Crippen LogP) is 3.47. The van der Waals surface area contributed by atoms with Crippen LogP contribution in [0.4, 0.5) is 9.18 Å². The Morgan fingerprint density at radius 3 is 2.68 bits per heavy atom. The lowest BCUT2D eigenvalue weighted by Gasteiger charge is -2.21. The highest BCUT2D eigenvalue weighted by Crippen LogP contribution is 2.09. The number of benzene rings is 1. The zero-order valence-electron chi connectivity index (χ0n) is 12.0. The summed E-state index contributed by atoms with van der Waals surface area (Å²) in [5.41, 5.74) is 1.52. The second kappa shape index (κ2) is 7.77. The molecule has 1 aromatic carbocycles. The van der Waals surface area contributed by atoms with Crippen LogP contribution in [0.5, 0.6) is 0 Å². The third kappa shape index (κ3) is 4.89. The lowest BCUT2D eigenvalue weighted by atomic mass is 10.1. The van der Waals surface area contributed by atoms with Gasteiger partial charge in [-0.1, -0.05) is 25.5 Å². The average Bonchev–Trinajstić information content (AvgIpc) is 2.41. The molecular formula is C15H23FN2O. The fourth-order valence-corrected chi connectivity index (χ4v) is 1.86. The Labute approximate surface area is 114 Å². The molecule has 3 nitrogen and oxygen atoms in total. The fourth-order valence-electron chi connectivity index (χ4n) is 1.86. The molecule has 106 valence electrons. The van der Waals surface area contributed by atoms with Gasteiger partial charge in [0.1, 0.15) is 5.82 Å². The minimum Gasteiger partial charge on any atom is -0.334 e. The number of carbonyl (C=O) groups is 1. The normalized spacial score (nSPS) is 10.3. The van der Waals surface area contributed by atoms with Crippen LogP contribution in [0.25, 0.3) is 0 Å². The molecule has 0 aliphatic carbocycles. The van der Waals surface area contributed by atoms with Crippen LogP contribution < -0.4 is 5.32 Å². The van der Waals surface area contributed by atoms with Gasteiger partial charge < -0.3 is 10.2 Å². The highest BCUT2D eigenvalue weighted by Gasteiger charge is 2.10. The van der Waals surface area contributed by atoms with E-state index in [-0.39, 0.29) is 11.8 Å². The van der Waals surface area contributed by atoms with Crippen molar-refractivity contribution in [3.05, 3.63) is 35.1 Å². The van der Waals surface area contributed by atoms with E-state index >= 15 is 0 Å². The van der Waals surface area contributed by atoms with Crippen LogP contribution in [-0.4, -0.2) is 24.0 Å². The molecular weight excluding hydrogens is 243 g/mol. The number of nitrogens with zero attached hydrogens (tertiary/aromatic N) is 1. The number of hydrogen-bond donors (Lipinski definition) is 1. The maximum atomic E-state index is 13.1. The molecule has 0 radical (unpaired) electrons. The van der Waals surface area contributed by atoms with Gasteiger partial charge in [0.05, 0.1) is 0 Å². The summed E-state index contributed by atoms with van der Waals surface area (Å²) >= 11 is 0. The van der Waals surface area contributed by atoms with Gasteiger partial charge in [-0.2, -0.15) is 0 Å². The summed E-state index contributed by atoms with van der Waals surface area (Å²) in [4.78, 5) is 13.7. The van der Waals surface area contributed by atoms with E-state index in [1.165, 1.54) is 6.07 Å². The van der Waals surface area contributed by atoms with Crippen molar-refractivity contribution in [2.24, 2.45) is 0 Å². The van der Waals surface area contributed by atoms with Gasteiger partial charge >= 0.3 is 6.03 Å². The molecule has 1 N–H and O–H groups in total. The summed E-state index contributed by atoms with van der Waals surface area (Å²) in [5.74, 6) is -0.215. The predicted molar refractivity (Wildman–Crippen MR) is 75.5 cm³/mol. The van der Waals surface area contributed by atoms with Crippen molar-refractivity contribution >= 4 is 6.03 Å². The zero-order valence-corrected chi connectivity index (χ0v) is 12.0. The summed E-state index contributed by atoms with van der Waals surface area (Å²) in [7, 11) is 0. The van der Waals surface area contributed by atoms with Crippen LogP contribution in [0.2, 0.25) is 0 Å². The Kier molecular flexibility index (Phi) is 6.33. The first-order valence-electron chi connectivity index (χ1n) is 6.86. The van der Waals surface area contributed by atoms with E-state index in [1.807, 2.05) is 6.92 Å². The fraction of sp³-hybridized carbons (Fsp3) is 0.533. The lowest BCUT2D eigenvalue weighted by Crippen LogP contribution is -2.40. The highest BCUT2D eigenvalue weighted by molar-refractivity contribution is 5.74. The first-order valence-corrected chi connectivity index (χ1v) is 6.86. The zero-order chi connectivity index (χ0) is 14.3. The summed E-state index contributed by atoms with van der Waals surface area (Å²) in [6, 6.07) is 4.84. The molecule has 2 amide bonds. The number of carbonyl (C=O) groups excluding carboxylic acids is 1. The summed E-state index contributed by atoms with van der Waals surface area (Å²) in [6.07, 6.45) is 2.08. The maximum absolute atomic E-state index is 13.1. The van der Waals surface area contributed by atoms with Gasteiger partial charge in [-0.05, 0) is 37.5 Å². The molecule has 4 heteroatoms. The Bertz CT molecular complexity index is 421. The highest BCUT2D eigenvalue weighted by atomic mass is 19.1. The third-order valence-electron chi connectivity index (χ3n) is 3.12. The van der Waals surface area contributed by atoms with Gasteiger partial charge in [-0.3, -0.25) is 0 Å². The first-order chi connectivity index (χ1) is 9.08. The summed E-state index contributed by atoms with van der Waals surface area (Å²) in [5, 5.41) is 2.87. The number of aryl methyl sites for hydroxylation is 1. The van der Waals surface area contributed by atoms with Gasteiger partial charge in [0.2, 0.25) is 0 Å². The largest absolute Gasteiger partial charge is 0.334 e. The number of unbranched alkanes of at least 4 members (excludes halogenated alkanes) is 1. The van der Waals surface area contributed by atoms with E-state index < -0.39 is 0 Å². The third-order valence-corrected chi connectivity index (χ3v) is 3.12. The van der Waals surface area contributed by atoms with Crippen LogP contribution in [0.15, 0.2) is 18.2 Å². The molecule has 0 fully saturated rings.